The molecule has 0 aliphatic carbocycles. The molecule has 0 aliphatic rings. The van der Waals surface area contributed by atoms with E-state index in [0.717, 1.165) is 25.7 Å². The second-order valence-electron chi connectivity index (χ2n) is 5.27. The molecule has 0 amide bonds. The van der Waals surface area contributed by atoms with Gasteiger partial charge in [0.25, 0.3) is 0 Å². The van der Waals surface area contributed by atoms with Crippen molar-refractivity contribution in [1.29, 1.82) is 0 Å². The predicted octanol–water partition coefficient (Wildman–Crippen LogP) is 3.91. The number of hydrogen-bond donors (Lipinski definition) is 0. The van der Waals surface area contributed by atoms with Crippen LogP contribution in [0.15, 0.2) is 0 Å². The van der Waals surface area contributed by atoms with Crippen LogP contribution in [0.25, 0.3) is 0 Å². The predicted molar refractivity (Wildman–Crippen MR) is 95.6 cm³/mol. The molecule has 0 heterocycles. The first-order valence-electron chi connectivity index (χ1n) is 7.88. The van der Waals surface area contributed by atoms with E-state index in [4.69, 9.17) is 9.47 Å². The molecule has 0 saturated heterocycles. The minimum atomic E-state index is -0.205. The summed E-state index contributed by atoms with van der Waals surface area (Å²) in [5, 5.41) is -0.314. The molecule has 22 heavy (non-hydrogen) atoms. The third kappa shape index (κ3) is 9.62. The van der Waals surface area contributed by atoms with E-state index < -0.39 is 0 Å². The molecule has 0 bridgehead atoms. The summed E-state index contributed by atoms with van der Waals surface area (Å²) in [6, 6.07) is 0. The van der Waals surface area contributed by atoms with E-state index in [1.54, 1.807) is 0 Å². The second-order valence-corrected chi connectivity index (χ2v) is 7.62. The molecule has 0 aromatic rings. The molecule has 0 aromatic heterocycles. The molecule has 0 fully saturated rings. The molecule has 6 heteroatoms. The molecule has 0 unspecified atom stereocenters. The van der Waals surface area contributed by atoms with Crippen molar-refractivity contribution in [3.8, 4) is 0 Å². The van der Waals surface area contributed by atoms with Crippen LogP contribution >= 0.6 is 23.5 Å². The molecule has 3 atom stereocenters. The summed E-state index contributed by atoms with van der Waals surface area (Å²) in [7, 11) is 0. The van der Waals surface area contributed by atoms with Crippen molar-refractivity contribution in [3.63, 3.8) is 0 Å². The highest BCUT2D eigenvalue weighted by molar-refractivity contribution is 8.00. The Labute approximate surface area is 143 Å². The summed E-state index contributed by atoms with van der Waals surface area (Å²) < 4.78 is 10.8. The summed E-state index contributed by atoms with van der Waals surface area (Å²) >= 11 is 2.94. The van der Waals surface area contributed by atoms with E-state index in [0.29, 0.717) is 13.0 Å². The molecule has 0 aliphatic heterocycles. The van der Waals surface area contributed by atoms with Gasteiger partial charge in [0.05, 0.1) is 17.1 Å². The SMILES string of the molecule is CCCCC[C@H](CCOC(=O)[C@H](C)SC)OC(=O)[C@H](C)SC. The first-order valence-corrected chi connectivity index (χ1v) is 10.5. The molecule has 130 valence electrons. The van der Waals surface area contributed by atoms with Crippen LogP contribution in [0, 0.1) is 0 Å². The lowest BCUT2D eigenvalue weighted by atomic mass is 10.1. The highest BCUT2D eigenvalue weighted by Gasteiger charge is 2.20. The maximum atomic E-state index is 11.9. The van der Waals surface area contributed by atoms with Crippen LogP contribution in [-0.4, -0.2) is 47.7 Å². The monoisotopic (exact) mass is 350 g/mol. The van der Waals surface area contributed by atoms with Gasteiger partial charge in [-0.15, -0.1) is 0 Å². The topological polar surface area (TPSA) is 52.6 Å². The standard InChI is InChI=1S/C16H30O4S2/c1-6-7-8-9-14(20-16(18)13(3)22-5)10-11-19-15(17)12(2)21-4/h12-14H,6-11H2,1-5H3/t12-,13-,14+/m0/s1. The third-order valence-corrected chi connectivity index (χ3v) is 5.27. The van der Waals surface area contributed by atoms with E-state index >= 15 is 0 Å². The Morgan fingerprint density at radius 3 is 2.09 bits per heavy atom. The maximum absolute atomic E-state index is 11.9. The summed E-state index contributed by atoms with van der Waals surface area (Å²) in [5.41, 5.74) is 0. The number of ether oxygens (including phenoxy) is 2. The van der Waals surface area contributed by atoms with Crippen molar-refractivity contribution in [2.45, 2.75) is 69.5 Å². The zero-order valence-corrected chi connectivity index (χ0v) is 16.1. The fourth-order valence-electron chi connectivity index (χ4n) is 1.75. The first-order chi connectivity index (χ1) is 10.5. The van der Waals surface area contributed by atoms with Crippen molar-refractivity contribution in [2.24, 2.45) is 0 Å². The Morgan fingerprint density at radius 2 is 1.55 bits per heavy atom. The van der Waals surface area contributed by atoms with Crippen molar-refractivity contribution >= 4 is 35.5 Å². The van der Waals surface area contributed by atoms with E-state index in [1.165, 1.54) is 23.5 Å². The summed E-state index contributed by atoms with van der Waals surface area (Å²) in [4.78, 5) is 23.6. The van der Waals surface area contributed by atoms with Gasteiger partial charge in [0.15, 0.2) is 0 Å². The first kappa shape index (κ1) is 21.6. The minimum absolute atomic E-state index is 0.155. The fourth-order valence-corrected chi connectivity index (χ4v) is 2.25. The van der Waals surface area contributed by atoms with Gasteiger partial charge in [-0.3, -0.25) is 9.59 Å². The summed E-state index contributed by atoms with van der Waals surface area (Å²) in [6.07, 6.45) is 8.29. The van der Waals surface area contributed by atoms with Crippen LogP contribution in [-0.2, 0) is 19.1 Å². The zero-order chi connectivity index (χ0) is 17.0. The lowest BCUT2D eigenvalue weighted by Crippen LogP contribution is -2.26. The van der Waals surface area contributed by atoms with E-state index in [-0.39, 0.29) is 28.5 Å². The van der Waals surface area contributed by atoms with Crippen molar-refractivity contribution < 1.29 is 19.1 Å². The highest BCUT2D eigenvalue weighted by atomic mass is 32.2. The van der Waals surface area contributed by atoms with E-state index in [9.17, 15) is 9.59 Å². The van der Waals surface area contributed by atoms with Crippen molar-refractivity contribution in [2.75, 3.05) is 19.1 Å². The maximum Gasteiger partial charge on any atom is 0.319 e. The van der Waals surface area contributed by atoms with Crippen LogP contribution < -0.4 is 0 Å². The second kappa shape index (κ2) is 13.1. The molecule has 0 saturated carbocycles. The number of carbonyl (C=O) groups excluding carboxylic acids is 2. The van der Waals surface area contributed by atoms with Gasteiger partial charge in [-0.05, 0) is 39.2 Å². The summed E-state index contributed by atoms with van der Waals surface area (Å²) in [5.74, 6) is -0.388. The van der Waals surface area contributed by atoms with Gasteiger partial charge in [0, 0.05) is 6.42 Å². The van der Waals surface area contributed by atoms with E-state index in [1.807, 2.05) is 26.4 Å². The Kier molecular flexibility index (Phi) is 12.9. The van der Waals surface area contributed by atoms with Crippen LogP contribution in [0.2, 0.25) is 0 Å². The Hall–Kier alpha value is -0.360. The van der Waals surface area contributed by atoms with Gasteiger partial charge in [0.2, 0.25) is 0 Å². The molecular weight excluding hydrogens is 320 g/mol. The quantitative estimate of drug-likeness (QED) is 0.393. The number of rotatable bonds is 12. The molecule has 4 nitrogen and oxygen atoms in total. The molecular formula is C16H30O4S2. The number of esters is 2. The number of thioether (sulfide) groups is 2. The average molecular weight is 351 g/mol. The Bertz CT molecular complexity index is 323. The number of hydrogen-bond acceptors (Lipinski definition) is 6. The smallest absolute Gasteiger partial charge is 0.319 e. The van der Waals surface area contributed by atoms with Gasteiger partial charge in [-0.25, -0.2) is 0 Å². The van der Waals surface area contributed by atoms with Gasteiger partial charge in [-0.2, -0.15) is 23.5 Å². The molecule has 0 N–H and O–H groups in total. The van der Waals surface area contributed by atoms with Gasteiger partial charge >= 0.3 is 11.9 Å². The Balaban J connectivity index is 4.28. The van der Waals surface area contributed by atoms with Crippen molar-refractivity contribution in [1.82, 2.24) is 0 Å². The fraction of sp³-hybridized carbons (Fsp3) is 0.875. The molecule has 0 spiro atoms. The van der Waals surface area contributed by atoms with Crippen LogP contribution in [0.1, 0.15) is 52.9 Å². The van der Waals surface area contributed by atoms with Gasteiger partial charge < -0.3 is 9.47 Å². The normalized spacial score (nSPS) is 15.0. The number of carbonyl (C=O) groups is 2. The molecule has 0 aromatic carbocycles. The minimum Gasteiger partial charge on any atom is -0.465 e. The third-order valence-electron chi connectivity index (χ3n) is 3.47. The highest BCUT2D eigenvalue weighted by Crippen LogP contribution is 2.15. The van der Waals surface area contributed by atoms with Crippen LogP contribution in [0.3, 0.4) is 0 Å². The van der Waals surface area contributed by atoms with Crippen LogP contribution in [0.4, 0.5) is 0 Å². The zero-order valence-electron chi connectivity index (χ0n) is 14.4. The lowest BCUT2D eigenvalue weighted by Gasteiger charge is -2.20. The molecule has 0 rings (SSSR count). The van der Waals surface area contributed by atoms with Crippen LogP contribution in [0.5, 0.6) is 0 Å². The van der Waals surface area contributed by atoms with Gasteiger partial charge in [-0.1, -0.05) is 19.8 Å². The Morgan fingerprint density at radius 1 is 0.955 bits per heavy atom. The number of unbranched alkanes of at least 4 members (excludes halogenated alkanes) is 2. The average Bonchev–Trinajstić information content (AvgIpc) is 2.52. The largest absolute Gasteiger partial charge is 0.465 e. The summed E-state index contributed by atoms with van der Waals surface area (Å²) in [6.45, 7) is 6.12. The van der Waals surface area contributed by atoms with E-state index in [2.05, 4.69) is 6.92 Å². The van der Waals surface area contributed by atoms with Crippen molar-refractivity contribution in [3.05, 3.63) is 0 Å². The van der Waals surface area contributed by atoms with Gasteiger partial charge in [0.1, 0.15) is 6.10 Å². The molecule has 0 radical (unpaired) electrons. The lowest BCUT2D eigenvalue weighted by molar-refractivity contribution is -0.150.